The molecule has 0 aliphatic heterocycles. The van der Waals surface area contributed by atoms with Crippen molar-refractivity contribution in [3.05, 3.63) is 6.20 Å². The largest absolute Gasteiger partial charge is 0.481 e. The third-order valence-electron chi connectivity index (χ3n) is 1.56. The molecule has 0 spiro atoms. The zero-order chi connectivity index (χ0) is 9.68. The summed E-state index contributed by atoms with van der Waals surface area (Å²) in [6.07, 6.45) is 3.15. The molecule has 0 aliphatic carbocycles. The summed E-state index contributed by atoms with van der Waals surface area (Å²) < 4.78 is 6.17. The number of carboxylic acid groups (broad SMARTS) is 1. The van der Waals surface area contributed by atoms with E-state index >= 15 is 0 Å². The van der Waals surface area contributed by atoms with Crippen LogP contribution in [0, 0.1) is 0 Å². The molecule has 0 unspecified atom stereocenters. The zero-order valence-corrected chi connectivity index (χ0v) is 7.14. The van der Waals surface area contributed by atoms with E-state index in [-0.39, 0.29) is 12.3 Å². The fraction of sp³-hybridized carbons (Fsp3) is 0.571. The summed E-state index contributed by atoms with van der Waals surface area (Å²) in [7, 11) is 0. The first-order valence-corrected chi connectivity index (χ1v) is 4.02. The van der Waals surface area contributed by atoms with Crippen molar-refractivity contribution in [1.29, 1.82) is 0 Å². The van der Waals surface area contributed by atoms with Gasteiger partial charge in [-0.3, -0.25) is 9.32 Å². The molecule has 0 aromatic carbocycles. The smallest absolute Gasteiger partial charge is 0.303 e. The number of nitrogen functional groups attached to an aromatic ring is 1. The topological polar surface area (TPSA) is 93.2 Å². The van der Waals surface area contributed by atoms with Crippen molar-refractivity contribution in [2.24, 2.45) is 0 Å². The first kappa shape index (κ1) is 9.50. The number of nitrogens with zero attached hydrogens (tertiary/aromatic N) is 2. The van der Waals surface area contributed by atoms with Gasteiger partial charge >= 0.3 is 5.97 Å². The number of carboxylic acids is 1. The third-order valence-corrected chi connectivity index (χ3v) is 1.56. The van der Waals surface area contributed by atoms with Crippen LogP contribution in [0.15, 0.2) is 10.7 Å². The quantitative estimate of drug-likeness (QED) is 0.490. The summed E-state index contributed by atoms with van der Waals surface area (Å²) in [5.41, 5.74) is 5.29. The Labute approximate surface area is 74.9 Å². The van der Waals surface area contributed by atoms with E-state index in [4.69, 9.17) is 10.8 Å². The van der Waals surface area contributed by atoms with Crippen LogP contribution in [0.4, 0.5) is 5.88 Å². The number of aromatic nitrogens is 2. The van der Waals surface area contributed by atoms with Crippen molar-refractivity contribution in [3.63, 3.8) is 0 Å². The highest BCUT2D eigenvalue weighted by atomic mass is 16.5. The summed E-state index contributed by atoms with van der Waals surface area (Å²) in [6, 6.07) is 0. The number of unbranched alkanes of at least 4 members (excludes halogenated alkanes) is 1. The molecule has 0 saturated heterocycles. The number of nitrogens with two attached hydrogens (primary N) is 1. The van der Waals surface area contributed by atoms with E-state index in [2.05, 4.69) is 9.79 Å². The van der Waals surface area contributed by atoms with Gasteiger partial charge in [0, 0.05) is 12.8 Å². The summed E-state index contributed by atoms with van der Waals surface area (Å²) in [5.74, 6) is -0.511. The van der Waals surface area contributed by atoms with Gasteiger partial charge in [0.05, 0.1) is 0 Å². The highest BCUT2D eigenvalue weighted by Crippen LogP contribution is 1.96. The van der Waals surface area contributed by atoms with Crippen molar-refractivity contribution in [2.45, 2.75) is 25.8 Å². The predicted octanol–water partition coefficient (Wildman–Crippen LogP) is -0.201. The van der Waals surface area contributed by atoms with E-state index in [0.717, 1.165) is 6.42 Å². The van der Waals surface area contributed by atoms with Crippen LogP contribution in [0.2, 0.25) is 0 Å². The SMILES string of the molecule is Nc1c[n+](CCCCC(=O)O)no1. The van der Waals surface area contributed by atoms with Crippen LogP contribution in [0.1, 0.15) is 19.3 Å². The molecule has 3 N–H and O–H groups in total. The van der Waals surface area contributed by atoms with Gasteiger partial charge in [0.1, 0.15) is 0 Å². The van der Waals surface area contributed by atoms with E-state index in [0.29, 0.717) is 13.0 Å². The Balaban J connectivity index is 2.16. The van der Waals surface area contributed by atoms with Crippen LogP contribution in [0.5, 0.6) is 0 Å². The van der Waals surface area contributed by atoms with Crippen LogP contribution in [-0.2, 0) is 11.3 Å². The molecule has 0 atom stereocenters. The zero-order valence-electron chi connectivity index (χ0n) is 7.14. The van der Waals surface area contributed by atoms with Gasteiger partial charge in [0.25, 0.3) is 12.1 Å². The van der Waals surface area contributed by atoms with Crippen molar-refractivity contribution in [3.8, 4) is 0 Å². The molecule has 0 radical (unpaired) electrons. The Hall–Kier alpha value is -1.59. The Morgan fingerprint density at radius 2 is 2.46 bits per heavy atom. The molecule has 0 amide bonds. The minimum atomic E-state index is -0.773. The van der Waals surface area contributed by atoms with E-state index < -0.39 is 5.97 Å². The Bertz CT molecular complexity index is 284. The molecule has 0 bridgehead atoms. The monoisotopic (exact) mass is 186 g/mol. The van der Waals surface area contributed by atoms with Gasteiger partial charge in [-0.25, -0.2) is 0 Å². The highest BCUT2D eigenvalue weighted by Gasteiger charge is 2.07. The van der Waals surface area contributed by atoms with Gasteiger partial charge in [0.2, 0.25) is 5.27 Å². The van der Waals surface area contributed by atoms with Crippen molar-refractivity contribution >= 4 is 11.9 Å². The van der Waals surface area contributed by atoms with Gasteiger partial charge in [-0.1, -0.05) is 4.68 Å². The lowest BCUT2D eigenvalue weighted by atomic mass is 10.2. The summed E-state index contributed by atoms with van der Waals surface area (Å²) in [4.78, 5) is 10.2. The standard InChI is InChI=1S/C7H11N3O3/c8-6-5-10(9-13-6)4-2-1-3-7(11)12/h5H,1-4H2,(H2-,8,9,11,12)/p+1. The fourth-order valence-electron chi connectivity index (χ4n) is 0.949. The number of anilines is 1. The van der Waals surface area contributed by atoms with Crippen LogP contribution in [-0.4, -0.2) is 16.3 Å². The van der Waals surface area contributed by atoms with Gasteiger partial charge in [-0.2, -0.15) is 0 Å². The molecule has 0 fully saturated rings. The minimum Gasteiger partial charge on any atom is -0.481 e. The molecule has 1 aromatic rings. The summed E-state index contributed by atoms with van der Waals surface area (Å²) >= 11 is 0. The van der Waals surface area contributed by atoms with Crippen LogP contribution in [0.25, 0.3) is 0 Å². The van der Waals surface area contributed by atoms with Gasteiger partial charge < -0.3 is 10.8 Å². The lowest BCUT2D eigenvalue weighted by Crippen LogP contribution is -2.34. The predicted molar refractivity (Wildman–Crippen MR) is 42.6 cm³/mol. The number of aliphatic carboxylic acids is 1. The van der Waals surface area contributed by atoms with Crippen LogP contribution < -0.4 is 10.4 Å². The average molecular weight is 186 g/mol. The average Bonchev–Trinajstić information content (AvgIpc) is 2.45. The number of carbonyl (C=O) groups is 1. The van der Waals surface area contributed by atoms with E-state index in [9.17, 15) is 4.79 Å². The van der Waals surface area contributed by atoms with E-state index in [1.807, 2.05) is 0 Å². The molecule has 72 valence electrons. The molecular formula is C7H12N3O3+. The van der Waals surface area contributed by atoms with Crippen molar-refractivity contribution < 1.29 is 19.1 Å². The van der Waals surface area contributed by atoms with Crippen molar-refractivity contribution in [2.75, 3.05) is 5.73 Å². The maximum Gasteiger partial charge on any atom is 0.303 e. The first-order valence-electron chi connectivity index (χ1n) is 4.02. The number of rotatable bonds is 5. The van der Waals surface area contributed by atoms with Gasteiger partial charge in [-0.05, 0) is 6.42 Å². The van der Waals surface area contributed by atoms with Crippen LogP contribution in [0.3, 0.4) is 0 Å². The van der Waals surface area contributed by atoms with E-state index in [1.165, 1.54) is 0 Å². The van der Waals surface area contributed by atoms with Crippen molar-refractivity contribution in [1.82, 2.24) is 5.27 Å². The van der Waals surface area contributed by atoms with Gasteiger partial charge in [-0.15, -0.1) is 0 Å². The molecule has 1 aromatic heterocycles. The molecule has 1 rings (SSSR count). The lowest BCUT2D eigenvalue weighted by Gasteiger charge is -1.89. The highest BCUT2D eigenvalue weighted by molar-refractivity contribution is 5.66. The molecule has 6 heteroatoms. The molecule has 0 aliphatic rings. The van der Waals surface area contributed by atoms with Crippen LogP contribution >= 0.6 is 0 Å². The number of hydrogen-bond donors (Lipinski definition) is 2. The lowest BCUT2D eigenvalue weighted by molar-refractivity contribution is -0.762. The molecule has 13 heavy (non-hydrogen) atoms. The maximum absolute atomic E-state index is 10.2. The molecule has 6 nitrogen and oxygen atoms in total. The summed E-state index contributed by atoms with van der Waals surface area (Å²) in [6.45, 7) is 0.633. The number of aryl methyl sites for hydroxylation is 1. The Morgan fingerprint density at radius 1 is 1.69 bits per heavy atom. The second kappa shape index (κ2) is 4.44. The normalized spacial score (nSPS) is 10.2. The maximum atomic E-state index is 10.2. The summed E-state index contributed by atoms with van der Waals surface area (Å²) in [5, 5.41) is 12.0. The minimum absolute atomic E-state index is 0.188. The second-order valence-corrected chi connectivity index (χ2v) is 2.72. The molecule has 1 heterocycles. The fourth-order valence-corrected chi connectivity index (χ4v) is 0.949. The second-order valence-electron chi connectivity index (χ2n) is 2.72. The molecule has 0 saturated carbocycles. The third kappa shape index (κ3) is 3.55. The Morgan fingerprint density at radius 3 is 3.00 bits per heavy atom. The molecular weight excluding hydrogens is 174 g/mol. The van der Waals surface area contributed by atoms with E-state index in [1.54, 1.807) is 10.9 Å². The number of hydrogen-bond acceptors (Lipinski definition) is 4. The Kier molecular flexibility index (Phi) is 3.24. The van der Waals surface area contributed by atoms with Gasteiger partial charge in [0.15, 0.2) is 6.54 Å². The first-order chi connectivity index (χ1) is 6.18.